The summed E-state index contributed by atoms with van der Waals surface area (Å²) < 4.78 is 0. The Morgan fingerprint density at radius 3 is 2.38 bits per heavy atom. The van der Waals surface area contributed by atoms with Crippen molar-refractivity contribution in [3.63, 3.8) is 0 Å². The number of nitro groups is 1. The molecule has 2 rings (SSSR count). The number of amides is 2. The highest BCUT2D eigenvalue weighted by Crippen LogP contribution is 2.22. The number of carbonyl (C=O) groups excluding carboxylic acids is 2. The first-order valence-corrected chi connectivity index (χ1v) is 11.9. The molecule has 1 N–H and O–H groups in total. The van der Waals surface area contributed by atoms with E-state index in [1.807, 2.05) is 39.0 Å². The summed E-state index contributed by atoms with van der Waals surface area (Å²) in [6.45, 7) is 5.87. The maximum atomic E-state index is 13.2. The van der Waals surface area contributed by atoms with Crippen molar-refractivity contribution in [1.29, 1.82) is 0 Å². The monoisotopic (exact) mass is 477 g/mol. The summed E-state index contributed by atoms with van der Waals surface area (Å²) in [6, 6.07) is 12.9. The number of benzene rings is 2. The summed E-state index contributed by atoms with van der Waals surface area (Å²) in [5, 5.41) is 14.2. The number of nitrogens with zero attached hydrogens (tertiary/aromatic N) is 2. The summed E-state index contributed by atoms with van der Waals surface area (Å²) in [4.78, 5) is 37.9. The van der Waals surface area contributed by atoms with Crippen molar-refractivity contribution in [2.45, 2.75) is 51.6 Å². The van der Waals surface area contributed by atoms with Gasteiger partial charge < -0.3 is 10.2 Å². The van der Waals surface area contributed by atoms with Gasteiger partial charge in [-0.2, -0.15) is 0 Å². The highest BCUT2D eigenvalue weighted by atomic mass is 35.5. The molecule has 0 aromatic heterocycles. The number of nitrogens with one attached hydrogen (secondary N) is 1. The van der Waals surface area contributed by atoms with E-state index in [1.54, 1.807) is 23.1 Å². The second kappa shape index (κ2) is 12.5. The van der Waals surface area contributed by atoms with E-state index < -0.39 is 11.0 Å². The Hall–Kier alpha value is -2.58. The third kappa shape index (κ3) is 7.53. The summed E-state index contributed by atoms with van der Waals surface area (Å²) >= 11 is 7.71. The second-order valence-electron chi connectivity index (χ2n) is 7.62. The fraction of sp³-hybridized carbons (Fsp3) is 0.391. The zero-order valence-electron chi connectivity index (χ0n) is 18.4. The Morgan fingerprint density at radius 1 is 1.16 bits per heavy atom. The summed E-state index contributed by atoms with van der Waals surface area (Å²) in [6.07, 6.45) is 0.474. The first-order valence-electron chi connectivity index (χ1n) is 10.4. The number of thioether (sulfide) groups is 1. The average Bonchev–Trinajstić information content (AvgIpc) is 2.74. The molecular weight excluding hydrogens is 450 g/mol. The quantitative estimate of drug-likeness (QED) is 0.370. The van der Waals surface area contributed by atoms with Crippen LogP contribution in [0.15, 0.2) is 48.5 Å². The number of non-ortho nitro benzene ring substituents is 1. The van der Waals surface area contributed by atoms with Crippen molar-refractivity contribution in [1.82, 2.24) is 10.2 Å². The molecule has 0 aliphatic heterocycles. The van der Waals surface area contributed by atoms with E-state index in [0.29, 0.717) is 17.2 Å². The van der Waals surface area contributed by atoms with Gasteiger partial charge in [-0.3, -0.25) is 19.7 Å². The lowest BCUT2D eigenvalue weighted by molar-refractivity contribution is -0.384. The minimum Gasteiger partial charge on any atom is -0.352 e. The number of rotatable bonds is 11. The molecule has 1 atom stereocenters. The zero-order chi connectivity index (χ0) is 23.7. The molecule has 2 aromatic rings. The van der Waals surface area contributed by atoms with E-state index in [-0.39, 0.29) is 35.8 Å². The highest BCUT2D eigenvalue weighted by Gasteiger charge is 2.29. The van der Waals surface area contributed by atoms with E-state index in [0.717, 1.165) is 11.1 Å². The first-order chi connectivity index (χ1) is 15.2. The number of nitro benzene ring substituents is 1. The van der Waals surface area contributed by atoms with E-state index in [1.165, 1.54) is 23.9 Å². The molecule has 32 heavy (non-hydrogen) atoms. The van der Waals surface area contributed by atoms with Gasteiger partial charge in [-0.15, -0.1) is 11.8 Å². The Labute approximate surface area is 197 Å². The first kappa shape index (κ1) is 25.7. The van der Waals surface area contributed by atoms with Gasteiger partial charge in [-0.05, 0) is 37.5 Å². The van der Waals surface area contributed by atoms with Crippen LogP contribution in [0.1, 0.15) is 38.3 Å². The lowest BCUT2D eigenvalue weighted by atomic mass is 10.1. The van der Waals surface area contributed by atoms with Gasteiger partial charge in [0.1, 0.15) is 6.04 Å². The molecule has 9 heteroatoms. The smallest absolute Gasteiger partial charge is 0.269 e. The minimum absolute atomic E-state index is 0.0303. The topological polar surface area (TPSA) is 92.6 Å². The zero-order valence-corrected chi connectivity index (χ0v) is 20.0. The van der Waals surface area contributed by atoms with Gasteiger partial charge in [-0.25, -0.2) is 0 Å². The fourth-order valence-corrected chi connectivity index (χ4v) is 4.23. The van der Waals surface area contributed by atoms with Gasteiger partial charge in [0.25, 0.3) is 5.69 Å². The van der Waals surface area contributed by atoms with E-state index >= 15 is 0 Å². The third-order valence-electron chi connectivity index (χ3n) is 4.76. The summed E-state index contributed by atoms with van der Waals surface area (Å²) in [7, 11) is 0. The average molecular weight is 478 g/mol. The van der Waals surface area contributed by atoms with E-state index in [4.69, 9.17) is 11.6 Å². The molecule has 7 nitrogen and oxygen atoms in total. The van der Waals surface area contributed by atoms with Crippen LogP contribution in [0.3, 0.4) is 0 Å². The largest absolute Gasteiger partial charge is 0.352 e. The Bertz CT molecular complexity index is 937. The summed E-state index contributed by atoms with van der Waals surface area (Å²) in [5.74, 6) is 0.344. The van der Waals surface area contributed by atoms with Crippen molar-refractivity contribution < 1.29 is 14.5 Å². The maximum Gasteiger partial charge on any atom is 0.269 e. The Balaban J connectivity index is 2.12. The van der Waals surface area contributed by atoms with Crippen molar-refractivity contribution in [3.8, 4) is 0 Å². The van der Waals surface area contributed by atoms with Crippen LogP contribution in [-0.4, -0.2) is 39.5 Å². The molecule has 0 spiro atoms. The molecule has 0 aliphatic carbocycles. The number of hydrogen-bond acceptors (Lipinski definition) is 5. The van der Waals surface area contributed by atoms with Gasteiger partial charge >= 0.3 is 0 Å². The number of halogens is 1. The predicted octanol–water partition coefficient (Wildman–Crippen LogP) is 4.81. The van der Waals surface area contributed by atoms with Gasteiger partial charge in [-0.1, -0.05) is 48.9 Å². The second-order valence-corrected chi connectivity index (χ2v) is 9.01. The van der Waals surface area contributed by atoms with Gasteiger partial charge in [0.05, 0.1) is 10.7 Å². The highest BCUT2D eigenvalue weighted by molar-refractivity contribution is 7.99. The molecule has 0 heterocycles. The Morgan fingerprint density at radius 2 is 1.81 bits per heavy atom. The molecule has 0 bridgehead atoms. The van der Waals surface area contributed by atoms with Crippen LogP contribution in [-0.2, 0) is 21.9 Å². The van der Waals surface area contributed by atoms with Crippen molar-refractivity contribution >= 4 is 40.9 Å². The number of hydrogen-bond donors (Lipinski definition) is 1. The third-order valence-corrected chi connectivity index (χ3v) is 6.11. The molecule has 2 amide bonds. The van der Waals surface area contributed by atoms with Crippen LogP contribution >= 0.6 is 23.4 Å². The van der Waals surface area contributed by atoms with Crippen LogP contribution in [0.4, 0.5) is 5.69 Å². The molecule has 172 valence electrons. The van der Waals surface area contributed by atoms with Crippen LogP contribution in [0.5, 0.6) is 0 Å². The van der Waals surface area contributed by atoms with Gasteiger partial charge in [0.15, 0.2) is 0 Å². The van der Waals surface area contributed by atoms with Crippen molar-refractivity contribution in [2.75, 3.05) is 5.75 Å². The SMILES string of the molecule is CCC(C(=O)NC(C)C)N(Cc1ccccc1Cl)C(=O)CSCc1ccc([N+](=O)[O-])cc1. The molecular formula is C23H28ClN3O4S. The normalized spacial score (nSPS) is 11.8. The van der Waals surface area contributed by atoms with Crippen LogP contribution in [0.25, 0.3) is 0 Å². The van der Waals surface area contributed by atoms with Crippen LogP contribution in [0, 0.1) is 10.1 Å². The van der Waals surface area contributed by atoms with Crippen molar-refractivity contribution in [3.05, 3.63) is 74.8 Å². The molecule has 0 radical (unpaired) electrons. The molecule has 0 saturated carbocycles. The lowest BCUT2D eigenvalue weighted by Crippen LogP contribution is -2.51. The fourth-order valence-electron chi connectivity index (χ4n) is 3.16. The predicted molar refractivity (Wildman–Crippen MR) is 129 cm³/mol. The minimum atomic E-state index is -0.610. The Kier molecular flexibility index (Phi) is 9.99. The van der Waals surface area contributed by atoms with Gasteiger partial charge in [0, 0.05) is 35.5 Å². The standard InChI is InChI=1S/C23H28ClN3O4S/c1-4-21(23(29)25-16(2)3)26(13-18-7-5-6-8-20(18)24)22(28)15-32-14-17-9-11-19(12-10-17)27(30)31/h5-12,16,21H,4,13-15H2,1-3H3,(H,25,29). The lowest BCUT2D eigenvalue weighted by Gasteiger charge is -2.31. The summed E-state index contributed by atoms with van der Waals surface area (Å²) in [5.41, 5.74) is 1.69. The van der Waals surface area contributed by atoms with E-state index in [2.05, 4.69) is 5.32 Å². The number of carbonyl (C=O) groups is 2. The van der Waals surface area contributed by atoms with Gasteiger partial charge in [0.2, 0.25) is 11.8 Å². The van der Waals surface area contributed by atoms with Crippen molar-refractivity contribution in [2.24, 2.45) is 0 Å². The van der Waals surface area contributed by atoms with E-state index in [9.17, 15) is 19.7 Å². The van der Waals surface area contributed by atoms with Crippen LogP contribution < -0.4 is 5.32 Å². The molecule has 0 aliphatic rings. The van der Waals surface area contributed by atoms with Crippen LogP contribution in [0.2, 0.25) is 5.02 Å². The maximum absolute atomic E-state index is 13.2. The molecule has 0 fully saturated rings. The molecule has 2 aromatic carbocycles. The molecule has 1 unspecified atom stereocenters. The molecule has 0 saturated heterocycles.